The van der Waals surface area contributed by atoms with Crippen LogP contribution in [-0.4, -0.2) is 45.5 Å². The highest BCUT2D eigenvalue weighted by atomic mass is 32.1. The second-order valence-corrected chi connectivity index (χ2v) is 15.1. The molecular formula is C34H43F3N4O2S. The molecule has 2 N–H and O–H groups in total. The van der Waals surface area contributed by atoms with Gasteiger partial charge in [-0.2, -0.15) is 13.2 Å². The second-order valence-electron chi connectivity index (χ2n) is 14.1. The molecule has 1 spiro atoms. The van der Waals surface area contributed by atoms with Crippen LogP contribution in [0.15, 0.2) is 30.3 Å². The maximum absolute atomic E-state index is 13.2. The number of nitrogens with one attached hydrogen (secondary N) is 1. The average Bonchev–Trinajstić information content (AvgIpc) is 3.38. The molecule has 6 nitrogen and oxygen atoms in total. The van der Waals surface area contributed by atoms with Crippen LogP contribution < -0.4 is 5.32 Å². The van der Waals surface area contributed by atoms with Crippen LogP contribution in [0.25, 0.3) is 10.2 Å². The van der Waals surface area contributed by atoms with Gasteiger partial charge in [-0.25, -0.2) is 9.97 Å². The first kappa shape index (κ1) is 31.4. The molecular weight excluding hydrogens is 585 g/mol. The Labute approximate surface area is 261 Å². The molecule has 0 bridgehead atoms. The van der Waals surface area contributed by atoms with Gasteiger partial charge in [0.15, 0.2) is 0 Å². The predicted molar refractivity (Wildman–Crippen MR) is 168 cm³/mol. The van der Waals surface area contributed by atoms with Gasteiger partial charge in [-0.3, -0.25) is 4.79 Å². The van der Waals surface area contributed by atoms with Crippen LogP contribution in [0, 0.1) is 11.3 Å². The molecule has 44 heavy (non-hydrogen) atoms. The van der Waals surface area contributed by atoms with Gasteiger partial charge in [-0.05, 0) is 121 Å². The summed E-state index contributed by atoms with van der Waals surface area (Å²) in [6, 6.07) is 7.51. The number of carbonyl (C=O) groups excluding carboxylic acids is 1. The van der Waals surface area contributed by atoms with Gasteiger partial charge in [0.2, 0.25) is 0 Å². The van der Waals surface area contributed by atoms with Crippen LogP contribution in [0.5, 0.6) is 0 Å². The van der Waals surface area contributed by atoms with Crippen molar-refractivity contribution in [3.8, 4) is 0 Å². The third kappa shape index (κ3) is 6.67. The topological polar surface area (TPSA) is 78.4 Å². The number of halogens is 3. The number of pyridine rings is 1. The van der Waals surface area contributed by atoms with Crippen molar-refractivity contribution in [3.05, 3.63) is 52.3 Å². The van der Waals surface area contributed by atoms with E-state index in [0.717, 1.165) is 46.2 Å². The maximum Gasteiger partial charge on any atom is 0.433 e. The lowest BCUT2D eigenvalue weighted by molar-refractivity contribution is -0.141. The largest absolute Gasteiger partial charge is 0.433 e. The number of hydrogen-bond acceptors (Lipinski definition) is 6. The van der Waals surface area contributed by atoms with E-state index in [4.69, 9.17) is 4.98 Å². The molecule has 6 rings (SSSR count). The molecule has 0 radical (unpaired) electrons. The van der Waals surface area contributed by atoms with E-state index in [1.165, 1.54) is 70.4 Å². The number of nitrogens with zero attached hydrogens (tertiary/aromatic N) is 3. The smallest absolute Gasteiger partial charge is 0.386 e. The molecule has 3 saturated carbocycles. The number of hydrogen-bond donors (Lipinski definition) is 2. The average molecular weight is 629 g/mol. The number of amides is 1. The minimum atomic E-state index is -4.66. The summed E-state index contributed by atoms with van der Waals surface area (Å²) in [5, 5.41) is 14.7. The van der Waals surface area contributed by atoms with E-state index in [2.05, 4.69) is 22.2 Å². The molecule has 0 saturated heterocycles. The van der Waals surface area contributed by atoms with Gasteiger partial charge in [0.25, 0.3) is 5.91 Å². The fraction of sp³-hybridized carbons (Fsp3) is 0.618. The number of alkyl halides is 3. The summed E-state index contributed by atoms with van der Waals surface area (Å²) < 4.78 is 40.4. The van der Waals surface area contributed by atoms with Crippen LogP contribution in [0.2, 0.25) is 0 Å². The molecule has 1 aromatic carbocycles. The molecule has 3 aliphatic carbocycles. The molecule has 0 unspecified atom stereocenters. The van der Waals surface area contributed by atoms with E-state index < -0.39 is 23.4 Å². The predicted octanol–water partition coefficient (Wildman–Crippen LogP) is 8.51. The summed E-state index contributed by atoms with van der Waals surface area (Å²) in [5.41, 5.74) is -0.565. The molecule has 10 heteroatoms. The summed E-state index contributed by atoms with van der Waals surface area (Å²) in [6.45, 7) is 4.39. The Bertz CT molecular complexity index is 1490. The number of anilines is 1. The van der Waals surface area contributed by atoms with E-state index in [1.54, 1.807) is 37.3 Å². The van der Waals surface area contributed by atoms with Crippen molar-refractivity contribution >= 4 is 33.1 Å². The van der Waals surface area contributed by atoms with Crippen molar-refractivity contribution in [1.29, 1.82) is 0 Å². The zero-order valence-electron chi connectivity index (χ0n) is 25.8. The highest BCUT2D eigenvalue weighted by molar-refractivity contribution is 7.18. The van der Waals surface area contributed by atoms with Gasteiger partial charge in [-0.15, -0.1) is 11.3 Å². The first-order valence-electron chi connectivity index (χ1n) is 16.0. The fourth-order valence-electron chi connectivity index (χ4n) is 7.66. The molecule has 238 valence electrons. The number of carbonyl (C=O) groups is 1. The molecule has 0 aliphatic heterocycles. The maximum atomic E-state index is 13.2. The summed E-state index contributed by atoms with van der Waals surface area (Å²) in [5.74, 6) is 0.308. The standard InChI is InChI=1S/C34H43F3N4O2S/c1-32(2,43)24-18-27-28(19-26(24)39-30(42)25-6-4-7-29(38-25)34(35,36)37)44-31(40-27)22-10-8-21(9-11-22)20-41(3)23-12-16-33(17-13-23)14-5-15-33/h4,6-7,18-19,21-23,43H,5,8-17,20H2,1-3H3,(H,39,42)/t21-,22-. The molecule has 3 fully saturated rings. The van der Waals surface area contributed by atoms with Crippen molar-refractivity contribution in [1.82, 2.24) is 14.9 Å². The van der Waals surface area contributed by atoms with E-state index in [-0.39, 0.29) is 5.69 Å². The quantitative estimate of drug-likeness (QED) is 0.274. The number of aromatic nitrogens is 2. The van der Waals surface area contributed by atoms with Crippen LogP contribution in [0.1, 0.15) is 117 Å². The van der Waals surface area contributed by atoms with Crippen LogP contribution >= 0.6 is 11.3 Å². The van der Waals surface area contributed by atoms with Gasteiger partial charge >= 0.3 is 6.18 Å². The summed E-state index contributed by atoms with van der Waals surface area (Å²) in [4.78, 5) is 24.1. The summed E-state index contributed by atoms with van der Waals surface area (Å²) >= 11 is 1.59. The Hall–Kier alpha value is -2.56. The lowest BCUT2D eigenvalue weighted by Crippen LogP contribution is -2.43. The van der Waals surface area contributed by atoms with Crippen LogP contribution in [0.3, 0.4) is 0 Å². The van der Waals surface area contributed by atoms with Gasteiger partial charge in [0.05, 0.1) is 20.8 Å². The van der Waals surface area contributed by atoms with Gasteiger partial charge in [-0.1, -0.05) is 12.5 Å². The van der Waals surface area contributed by atoms with Gasteiger partial charge in [0.1, 0.15) is 11.4 Å². The molecule has 3 aromatic rings. The number of fused-ring (bicyclic) bond motifs is 1. The fourth-order valence-corrected chi connectivity index (χ4v) is 8.82. The van der Waals surface area contributed by atoms with Crippen molar-refractivity contribution in [2.24, 2.45) is 11.3 Å². The van der Waals surface area contributed by atoms with E-state index in [1.807, 2.05) is 0 Å². The number of benzene rings is 1. The number of rotatable bonds is 7. The normalized spacial score (nSPS) is 22.8. The minimum absolute atomic E-state index is 0.335. The van der Waals surface area contributed by atoms with E-state index in [9.17, 15) is 23.1 Å². The minimum Gasteiger partial charge on any atom is -0.386 e. The second kappa shape index (κ2) is 12.0. The van der Waals surface area contributed by atoms with E-state index in [0.29, 0.717) is 28.5 Å². The molecule has 3 aliphatic rings. The molecule has 0 atom stereocenters. The van der Waals surface area contributed by atoms with Gasteiger partial charge < -0.3 is 15.3 Å². The van der Waals surface area contributed by atoms with Crippen molar-refractivity contribution in [3.63, 3.8) is 0 Å². The van der Waals surface area contributed by atoms with Crippen LogP contribution in [-0.2, 0) is 11.8 Å². The SMILES string of the molecule is CN(C[C@H]1CC[C@H](c2nc3cc(C(C)(C)O)c(NC(=O)c4cccc(C(F)(F)F)n4)cc3s2)CC1)C1CCC2(CCC2)CC1. The molecule has 2 heterocycles. The Kier molecular flexibility index (Phi) is 8.56. The first-order valence-corrected chi connectivity index (χ1v) is 16.8. The Balaban J connectivity index is 1.12. The lowest BCUT2D eigenvalue weighted by Gasteiger charge is -2.49. The number of thiazole rings is 1. The van der Waals surface area contributed by atoms with Crippen molar-refractivity contribution < 1.29 is 23.1 Å². The summed E-state index contributed by atoms with van der Waals surface area (Å²) in [6.07, 6.45) is 9.75. The summed E-state index contributed by atoms with van der Waals surface area (Å²) in [7, 11) is 2.32. The zero-order valence-corrected chi connectivity index (χ0v) is 26.7. The monoisotopic (exact) mass is 628 g/mol. The highest BCUT2D eigenvalue weighted by Gasteiger charge is 2.41. The van der Waals surface area contributed by atoms with Gasteiger partial charge in [0, 0.05) is 29.8 Å². The molecule has 1 amide bonds. The van der Waals surface area contributed by atoms with Crippen LogP contribution in [0.4, 0.5) is 18.9 Å². The van der Waals surface area contributed by atoms with E-state index >= 15 is 0 Å². The van der Waals surface area contributed by atoms with Crippen molar-refractivity contribution in [2.75, 3.05) is 18.9 Å². The Morgan fingerprint density at radius 1 is 1.05 bits per heavy atom. The number of aliphatic hydroxyl groups is 1. The Morgan fingerprint density at radius 3 is 2.36 bits per heavy atom. The first-order chi connectivity index (χ1) is 20.8. The Morgan fingerprint density at radius 2 is 1.75 bits per heavy atom. The van der Waals surface area contributed by atoms with Crippen molar-refractivity contribution in [2.45, 2.75) is 108 Å². The third-order valence-corrected chi connectivity index (χ3v) is 11.7. The third-order valence-electron chi connectivity index (χ3n) is 10.5. The zero-order chi connectivity index (χ0) is 31.3. The highest BCUT2D eigenvalue weighted by Crippen LogP contribution is 2.52. The molecule has 2 aromatic heterocycles. The lowest BCUT2D eigenvalue weighted by atomic mass is 9.60.